The average Bonchev–Trinajstić information content (AvgIpc) is 3.79. The van der Waals surface area contributed by atoms with Gasteiger partial charge < -0.3 is 4.90 Å². The first-order valence-electron chi connectivity index (χ1n) is 21.4. The van der Waals surface area contributed by atoms with Gasteiger partial charge in [-0.1, -0.05) is 138 Å². The molecular weight excluding hydrogens is 705 g/mol. The van der Waals surface area contributed by atoms with Crippen molar-refractivity contribution in [2.75, 3.05) is 4.90 Å². The third-order valence-electron chi connectivity index (χ3n) is 15.3. The third kappa shape index (κ3) is 4.37. The fraction of sp³-hybridized carbons (Fsp3) is 0.296. The molecule has 1 unspecified atom stereocenters. The number of hydrogen-bond acceptors (Lipinski definition) is 2. The molecule has 1 aromatic heterocycles. The van der Waals surface area contributed by atoms with Gasteiger partial charge in [0.05, 0.1) is 0 Å². The number of nitrogens with zero attached hydrogens (tertiary/aromatic N) is 1. The van der Waals surface area contributed by atoms with E-state index in [9.17, 15) is 0 Å². The summed E-state index contributed by atoms with van der Waals surface area (Å²) in [5, 5.41) is 1.42. The van der Waals surface area contributed by atoms with E-state index in [2.05, 4.69) is 163 Å². The summed E-state index contributed by atoms with van der Waals surface area (Å²) >= 11 is 2.04. The van der Waals surface area contributed by atoms with Gasteiger partial charge in [-0.25, -0.2) is 0 Å². The van der Waals surface area contributed by atoms with Crippen molar-refractivity contribution in [2.24, 2.45) is 0 Å². The summed E-state index contributed by atoms with van der Waals surface area (Å²) in [5.74, 6) is 0.408. The van der Waals surface area contributed by atoms with Crippen LogP contribution in [0.3, 0.4) is 0 Å². The highest BCUT2D eigenvalue weighted by atomic mass is 32.1. The molecule has 5 aliphatic rings. The number of rotatable bonds is 1. The van der Waals surface area contributed by atoms with Crippen molar-refractivity contribution in [3.8, 4) is 33.4 Å². The second-order valence-electron chi connectivity index (χ2n) is 19.9. The van der Waals surface area contributed by atoms with Crippen LogP contribution in [0.15, 0.2) is 103 Å². The average molecular weight is 756 g/mol. The lowest BCUT2D eigenvalue weighted by Crippen LogP contribution is -2.52. The van der Waals surface area contributed by atoms with Gasteiger partial charge in [0, 0.05) is 48.9 Å². The molecule has 57 heavy (non-hydrogen) atoms. The van der Waals surface area contributed by atoms with E-state index in [0.717, 1.165) is 12.7 Å². The minimum absolute atomic E-state index is 0.105. The van der Waals surface area contributed by atoms with Crippen molar-refractivity contribution in [1.82, 2.24) is 0 Å². The number of benzene rings is 6. The Morgan fingerprint density at radius 2 is 1.37 bits per heavy atom. The van der Waals surface area contributed by atoms with Gasteiger partial charge in [-0.2, -0.15) is 0 Å². The van der Waals surface area contributed by atoms with Crippen LogP contribution >= 0.6 is 11.3 Å². The SMILES string of the molecule is Cc1cc2c3c(c1)N(c1cc4c(cc1C)C(C)(C)CCC4(C)C)c1c(ccc4c1C(C)(C)c1ccccc1-4)B3CCC1c3sc4ccccc4c3-c3cccc-2c31. The standard InChI is InChI=1S/C54H50BNS/c1-30-26-38-33-16-13-17-36-46(33)37(51-47(36)35-15-10-12-19-45(35)57-51)22-25-55-42-21-20-34-32-14-9-11-18-39(32)54(7,8)48(34)50(42)56(44(27-30)49(38)55)43-29-41-40(28-31(43)2)52(3,4)23-24-53(41,5)6/h9-21,26-29,37H,22-25H2,1-8H3. The molecule has 3 heteroatoms. The van der Waals surface area contributed by atoms with E-state index in [1.54, 1.807) is 10.4 Å². The number of hydrogen-bond donors (Lipinski definition) is 0. The lowest BCUT2D eigenvalue weighted by Gasteiger charge is -2.45. The van der Waals surface area contributed by atoms with E-state index >= 15 is 0 Å². The number of fused-ring (bicyclic) bond motifs is 13. The Labute approximate surface area is 342 Å². The van der Waals surface area contributed by atoms with Crippen molar-refractivity contribution >= 4 is 56.1 Å². The van der Waals surface area contributed by atoms with E-state index in [1.807, 2.05) is 11.3 Å². The summed E-state index contributed by atoms with van der Waals surface area (Å²) < 4.78 is 1.42. The van der Waals surface area contributed by atoms with Crippen molar-refractivity contribution in [1.29, 1.82) is 0 Å². The van der Waals surface area contributed by atoms with Crippen LogP contribution in [-0.4, -0.2) is 6.71 Å². The molecule has 0 bridgehead atoms. The molecule has 1 atom stereocenters. The van der Waals surface area contributed by atoms with Crippen LogP contribution in [0.5, 0.6) is 0 Å². The minimum Gasteiger partial charge on any atom is -0.311 e. The van der Waals surface area contributed by atoms with E-state index in [4.69, 9.17) is 0 Å². The van der Waals surface area contributed by atoms with Crippen LogP contribution in [0, 0.1) is 13.8 Å². The third-order valence-corrected chi connectivity index (χ3v) is 16.6. The summed E-state index contributed by atoms with van der Waals surface area (Å²) in [6.07, 6.45) is 4.68. The van der Waals surface area contributed by atoms with Crippen LogP contribution in [0.25, 0.3) is 43.5 Å². The molecule has 0 spiro atoms. The van der Waals surface area contributed by atoms with Crippen molar-refractivity contribution in [2.45, 2.75) is 103 Å². The zero-order valence-electron chi connectivity index (χ0n) is 34.7. The van der Waals surface area contributed by atoms with Gasteiger partial charge in [0.1, 0.15) is 0 Å². The maximum Gasteiger partial charge on any atom is 0.215 e. The second kappa shape index (κ2) is 11.2. The maximum absolute atomic E-state index is 2.78. The van der Waals surface area contributed by atoms with Crippen molar-refractivity contribution < 1.29 is 0 Å². The molecular formula is C54H50BNS. The van der Waals surface area contributed by atoms with E-state index < -0.39 is 0 Å². The Morgan fingerprint density at radius 1 is 0.649 bits per heavy atom. The van der Waals surface area contributed by atoms with Crippen LogP contribution in [0.2, 0.25) is 6.32 Å². The second-order valence-corrected chi connectivity index (χ2v) is 21.0. The highest BCUT2D eigenvalue weighted by Crippen LogP contribution is 2.60. The lowest BCUT2D eigenvalue weighted by molar-refractivity contribution is 0.332. The summed E-state index contributed by atoms with van der Waals surface area (Å²) in [7, 11) is 0. The summed E-state index contributed by atoms with van der Waals surface area (Å²) in [4.78, 5) is 4.36. The van der Waals surface area contributed by atoms with Crippen LogP contribution in [0.1, 0.15) is 111 Å². The van der Waals surface area contributed by atoms with Gasteiger partial charge in [-0.15, -0.1) is 11.3 Å². The molecule has 12 rings (SSSR count). The minimum atomic E-state index is -0.149. The van der Waals surface area contributed by atoms with E-state index in [0.29, 0.717) is 5.92 Å². The zero-order chi connectivity index (χ0) is 38.9. The van der Waals surface area contributed by atoms with E-state index in [1.165, 1.54) is 118 Å². The molecule has 3 aliphatic carbocycles. The van der Waals surface area contributed by atoms with Crippen molar-refractivity contribution in [3.05, 3.63) is 147 Å². The largest absolute Gasteiger partial charge is 0.311 e. The van der Waals surface area contributed by atoms with Gasteiger partial charge in [0.2, 0.25) is 6.71 Å². The molecule has 0 fully saturated rings. The van der Waals surface area contributed by atoms with Crippen LogP contribution in [0.4, 0.5) is 17.1 Å². The number of aryl methyl sites for hydroxylation is 2. The maximum atomic E-state index is 2.78. The van der Waals surface area contributed by atoms with Gasteiger partial charge in [0.15, 0.2) is 0 Å². The first kappa shape index (κ1) is 34.2. The molecule has 0 saturated carbocycles. The molecule has 1 nitrogen and oxygen atoms in total. The fourth-order valence-electron chi connectivity index (χ4n) is 12.4. The smallest absolute Gasteiger partial charge is 0.215 e. The highest BCUT2D eigenvalue weighted by molar-refractivity contribution is 7.20. The molecule has 0 radical (unpaired) electrons. The quantitative estimate of drug-likeness (QED) is 0.151. The summed E-state index contributed by atoms with van der Waals surface area (Å²) in [6.45, 7) is 19.9. The molecule has 0 saturated heterocycles. The topological polar surface area (TPSA) is 3.24 Å². The van der Waals surface area contributed by atoms with Gasteiger partial charge >= 0.3 is 0 Å². The van der Waals surface area contributed by atoms with Gasteiger partial charge in [-0.05, 0) is 134 Å². The molecule has 7 aromatic rings. The monoisotopic (exact) mass is 755 g/mol. The normalized spacial score (nSPS) is 19.5. The molecule has 0 amide bonds. The Hall–Kier alpha value is -4.86. The fourth-order valence-corrected chi connectivity index (χ4v) is 13.8. The number of anilines is 3. The predicted molar refractivity (Wildman–Crippen MR) is 246 cm³/mol. The van der Waals surface area contributed by atoms with Crippen LogP contribution < -0.4 is 15.8 Å². The number of thiophene rings is 1. The Bertz CT molecular complexity index is 2940. The highest BCUT2D eigenvalue weighted by Gasteiger charge is 2.48. The summed E-state index contributed by atoms with van der Waals surface area (Å²) in [5.41, 5.74) is 26.2. The van der Waals surface area contributed by atoms with E-state index in [-0.39, 0.29) is 23.0 Å². The molecule has 280 valence electrons. The zero-order valence-corrected chi connectivity index (χ0v) is 35.5. The van der Waals surface area contributed by atoms with Crippen molar-refractivity contribution in [3.63, 3.8) is 0 Å². The van der Waals surface area contributed by atoms with Crippen LogP contribution in [-0.2, 0) is 16.2 Å². The molecule has 3 heterocycles. The Kier molecular flexibility index (Phi) is 6.72. The van der Waals surface area contributed by atoms with Gasteiger partial charge in [-0.3, -0.25) is 0 Å². The first-order valence-corrected chi connectivity index (χ1v) is 22.2. The lowest BCUT2D eigenvalue weighted by atomic mass is 9.34. The summed E-state index contributed by atoms with van der Waals surface area (Å²) in [6, 6.07) is 40.9. The van der Waals surface area contributed by atoms with Gasteiger partial charge in [0.25, 0.3) is 0 Å². The predicted octanol–water partition coefficient (Wildman–Crippen LogP) is 13.7. The Morgan fingerprint density at radius 3 is 2.19 bits per heavy atom. The molecule has 0 N–H and O–H groups in total. The molecule has 2 aliphatic heterocycles. The Balaban J connectivity index is 1.19. The molecule has 6 aromatic carbocycles. The first-order chi connectivity index (χ1) is 27.3.